The molecule has 0 radical (unpaired) electrons. The second kappa shape index (κ2) is 8.15. The highest BCUT2D eigenvalue weighted by Crippen LogP contribution is 2.26. The molecule has 0 aliphatic carbocycles. The van der Waals surface area contributed by atoms with Crippen LogP contribution in [0.2, 0.25) is 0 Å². The fourth-order valence-electron chi connectivity index (χ4n) is 1.78. The minimum absolute atomic E-state index is 0.207. The van der Waals surface area contributed by atoms with Gasteiger partial charge in [0.15, 0.2) is 0 Å². The van der Waals surface area contributed by atoms with E-state index in [0.29, 0.717) is 13.2 Å². The molecule has 0 spiro atoms. The van der Waals surface area contributed by atoms with Crippen molar-refractivity contribution in [3.63, 3.8) is 0 Å². The van der Waals surface area contributed by atoms with Crippen molar-refractivity contribution in [2.24, 2.45) is 0 Å². The normalized spacial score (nSPS) is 14.2. The lowest BCUT2D eigenvalue weighted by atomic mass is 10.0. The van der Waals surface area contributed by atoms with Crippen LogP contribution in [0, 0.1) is 6.92 Å². The first-order valence-corrected chi connectivity index (χ1v) is 6.74. The van der Waals surface area contributed by atoms with Gasteiger partial charge in [-0.05, 0) is 33.9 Å². The minimum Gasteiger partial charge on any atom is -0.490 e. The molecule has 1 rings (SSSR count). The first kappa shape index (κ1) is 16.0. The standard InChI is InChI=1S/C15H25NO3/c1-5-18-9-13(17)10-19-15-7-6-11(2)8-14(15)12(3)16-4/h6-8,12-13,16-17H,5,9-10H2,1-4H3. The fourth-order valence-corrected chi connectivity index (χ4v) is 1.78. The molecule has 19 heavy (non-hydrogen) atoms. The summed E-state index contributed by atoms with van der Waals surface area (Å²) in [6.45, 7) is 7.19. The van der Waals surface area contributed by atoms with Crippen molar-refractivity contribution in [3.8, 4) is 5.75 Å². The van der Waals surface area contributed by atoms with E-state index in [0.717, 1.165) is 11.3 Å². The zero-order valence-corrected chi connectivity index (χ0v) is 12.3. The van der Waals surface area contributed by atoms with E-state index in [1.54, 1.807) is 0 Å². The first-order chi connectivity index (χ1) is 9.08. The number of ether oxygens (including phenoxy) is 2. The van der Waals surface area contributed by atoms with Crippen LogP contribution in [-0.4, -0.2) is 38.1 Å². The first-order valence-electron chi connectivity index (χ1n) is 6.74. The van der Waals surface area contributed by atoms with Gasteiger partial charge in [-0.1, -0.05) is 17.7 Å². The van der Waals surface area contributed by atoms with Gasteiger partial charge in [-0.25, -0.2) is 0 Å². The highest BCUT2D eigenvalue weighted by atomic mass is 16.5. The average molecular weight is 267 g/mol. The van der Waals surface area contributed by atoms with Crippen LogP contribution in [0.25, 0.3) is 0 Å². The van der Waals surface area contributed by atoms with Gasteiger partial charge in [-0.2, -0.15) is 0 Å². The zero-order valence-electron chi connectivity index (χ0n) is 12.3. The summed E-state index contributed by atoms with van der Waals surface area (Å²) in [6, 6.07) is 6.27. The Morgan fingerprint density at radius 2 is 2.05 bits per heavy atom. The van der Waals surface area contributed by atoms with Gasteiger partial charge in [0.2, 0.25) is 0 Å². The third-order valence-electron chi connectivity index (χ3n) is 3.01. The maximum absolute atomic E-state index is 9.72. The van der Waals surface area contributed by atoms with Crippen molar-refractivity contribution < 1.29 is 14.6 Å². The summed E-state index contributed by atoms with van der Waals surface area (Å²) >= 11 is 0. The average Bonchev–Trinajstić information content (AvgIpc) is 2.42. The molecule has 2 N–H and O–H groups in total. The van der Waals surface area contributed by atoms with Gasteiger partial charge in [-0.3, -0.25) is 0 Å². The molecule has 0 saturated carbocycles. The monoisotopic (exact) mass is 267 g/mol. The lowest BCUT2D eigenvalue weighted by Crippen LogP contribution is -2.24. The Kier molecular flexibility index (Phi) is 6.84. The van der Waals surface area contributed by atoms with Crippen LogP contribution >= 0.6 is 0 Å². The van der Waals surface area contributed by atoms with E-state index >= 15 is 0 Å². The quantitative estimate of drug-likeness (QED) is 0.757. The van der Waals surface area contributed by atoms with Crippen LogP contribution in [0.4, 0.5) is 0 Å². The number of hydrogen-bond acceptors (Lipinski definition) is 4. The van der Waals surface area contributed by atoms with Crippen LogP contribution in [0.1, 0.15) is 31.0 Å². The number of aryl methyl sites for hydroxylation is 1. The Morgan fingerprint density at radius 3 is 2.68 bits per heavy atom. The van der Waals surface area contributed by atoms with Crippen molar-refractivity contribution in [3.05, 3.63) is 29.3 Å². The summed E-state index contributed by atoms with van der Waals surface area (Å²) in [5.74, 6) is 0.808. The third kappa shape index (κ3) is 5.19. The summed E-state index contributed by atoms with van der Waals surface area (Å²) < 4.78 is 10.9. The van der Waals surface area contributed by atoms with Crippen LogP contribution < -0.4 is 10.1 Å². The summed E-state index contributed by atoms with van der Waals surface area (Å²) in [6.07, 6.45) is -0.598. The molecule has 0 saturated heterocycles. The molecule has 1 aromatic rings. The van der Waals surface area contributed by atoms with Gasteiger partial charge in [0.25, 0.3) is 0 Å². The van der Waals surface area contributed by atoms with Crippen LogP contribution in [0.3, 0.4) is 0 Å². The zero-order chi connectivity index (χ0) is 14.3. The van der Waals surface area contributed by atoms with Gasteiger partial charge in [0.05, 0.1) is 6.61 Å². The molecule has 0 amide bonds. The lowest BCUT2D eigenvalue weighted by molar-refractivity contribution is 0.0162. The second-order valence-electron chi connectivity index (χ2n) is 4.68. The van der Waals surface area contributed by atoms with Gasteiger partial charge < -0.3 is 19.9 Å². The van der Waals surface area contributed by atoms with E-state index in [1.165, 1.54) is 5.56 Å². The lowest BCUT2D eigenvalue weighted by Gasteiger charge is -2.19. The molecule has 2 atom stereocenters. The number of aliphatic hydroxyl groups is 1. The fraction of sp³-hybridized carbons (Fsp3) is 0.600. The molecule has 4 nitrogen and oxygen atoms in total. The Balaban J connectivity index is 2.66. The molecular weight excluding hydrogens is 242 g/mol. The Hall–Kier alpha value is -1.10. The van der Waals surface area contributed by atoms with Gasteiger partial charge in [0, 0.05) is 18.2 Å². The largest absolute Gasteiger partial charge is 0.490 e. The molecule has 0 aromatic heterocycles. The molecule has 4 heteroatoms. The van der Waals surface area contributed by atoms with E-state index in [4.69, 9.17) is 9.47 Å². The Bertz CT molecular complexity index is 382. The maximum Gasteiger partial charge on any atom is 0.124 e. The Labute approximate surface area is 115 Å². The van der Waals surface area contributed by atoms with Crippen molar-refractivity contribution in [2.75, 3.05) is 26.9 Å². The molecule has 0 fully saturated rings. The molecule has 0 heterocycles. The summed E-state index contributed by atoms with van der Waals surface area (Å²) in [5, 5.41) is 12.9. The Morgan fingerprint density at radius 1 is 1.32 bits per heavy atom. The van der Waals surface area contributed by atoms with Crippen molar-refractivity contribution >= 4 is 0 Å². The van der Waals surface area contributed by atoms with Gasteiger partial charge in [0.1, 0.15) is 18.5 Å². The van der Waals surface area contributed by atoms with Gasteiger partial charge >= 0.3 is 0 Å². The molecule has 2 unspecified atom stereocenters. The minimum atomic E-state index is -0.598. The van der Waals surface area contributed by atoms with E-state index < -0.39 is 6.10 Å². The molecule has 1 aromatic carbocycles. The topological polar surface area (TPSA) is 50.7 Å². The van der Waals surface area contributed by atoms with E-state index in [-0.39, 0.29) is 12.6 Å². The van der Waals surface area contributed by atoms with Crippen LogP contribution in [0.5, 0.6) is 5.75 Å². The maximum atomic E-state index is 9.72. The predicted octanol–water partition coefficient (Wildman–Crippen LogP) is 2.05. The summed E-state index contributed by atoms with van der Waals surface area (Å²) in [5.41, 5.74) is 2.30. The molecular formula is C15H25NO3. The SMILES string of the molecule is CCOCC(O)COc1ccc(C)cc1C(C)NC. The summed E-state index contributed by atoms with van der Waals surface area (Å²) in [7, 11) is 1.92. The second-order valence-corrected chi connectivity index (χ2v) is 4.68. The number of nitrogens with one attached hydrogen (secondary N) is 1. The van der Waals surface area contributed by atoms with E-state index in [2.05, 4.69) is 25.2 Å². The number of rotatable bonds is 8. The number of benzene rings is 1. The highest BCUT2D eigenvalue weighted by Gasteiger charge is 2.12. The van der Waals surface area contributed by atoms with Crippen molar-refractivity contribution in [1.82, 2.24) is 5.32 Å². The molecule has 0 bridgehead atoms. The van der Waals surface area contributed by atoms with E-state index in [9.17, 15) is 5.11 Å². The van der Waals surface area contributed by atoms with Crippen molar-refractivity contribution in [2.45, 2.75) is 32.9 Å². The molecule has 108 valence electrons. The third-order valence-corrected chi connectivity index (χ3v) is 3.01. The summed E-state index contributed by atoms with van der Waals surface area (Å²) in [4.78, 5) is 0. The van der Waals surface area contributed by atoms with Crippen LogP contribution in [-0.2, 0) is 4.74 Å². The van der Waals surface area contributed by atoms with Crippen molar-refractivity contribution in [1.29, 1.82) is 0 Å². The number of hydrogen-bond donors (Lipinski definition) is 2. The van der Waals surface area contributed by atoms with E-state index in [1.807, 2.05) is 26.1 Å². The van der Waals surface area contributed by atoms with Crippen LogP contribution in [0.15, 0.2) is 18.2 Å². The van der Waals surface area contributed by atoms with Gasteiger partial charge in [-0.15, -0.1) is 0 Å². The predicted molar refractivity (Wildman–Crippen MR) is 76.6 cm³/mol. The number of aliphatic hydroxyl groups excluding tert-OH is 1. The molecule has 0 aliphatic heterocycles. The molecule has 0 aliphatic rings. The highest BCUT2D eigenvalue weighted by molar-refractivity contribution is 5.38. The smallest absolute Gasteiger partial charge is 0.124 e.